The predicted octanol–water partition coefficient (Wildman–Crippen LogP) is 6.05. The summed E-state index contributed by atoms with van der Waals surface area (Å²) in [4.78, 5) is 47.7. The topological polar surface area (TPSA) is 201 Å². The first kappa shape index (κ1) is 41.9. The summed E-state index contributed by atoms with van der Waals surface area (Å²) in [6, 6.07) is 14.6. The van der Waals surface area contributed by atoms with E-state index in [0.717, 1.165) is 46.5 Å². The Bertz CT molecular complexity index is 2210. The van der Waals surface area contributed by atoms with Crippen LogP contribution in [0.5, 0.6) is 5.75 Å². The molecule has 0 aliphatic carbocycles. The van der Waals surface area contributed by atoms with Gasteiger partial charge in [0.15, 0.2) is 5.82 Å². The van der Waals surface area contributed by atoms with E-state index in [0.29, 0.717) is 29.8 Å². The number of nitrogens with one attached hydrogen (secondary N) is 2. The van der Waals surface area contributed by atoms with Gasteiger partial charge in [-0.2, -0.15) is 5.10 Å². The fourth-order valence-corrected chi connectivity index (χ4v) is 8.05. The maximum absolute atomic E-state index is 14.1. The van der Waals surface area contributed by atoms with E-state index in [1.54, 1.807) is 41.8 Å². The molecule has 1 fully saturated rings. The molecule has 2 aromatic carbocycles. The number of phenolic OH excluding ortho intramolecular Hbond substituents is 1. The molecule has 6 rings (SSSR count). The third-order valence-electron chi connectivity index (χ3n) is 10.5. The van der Waals surface area contributed by atoms with Gasteiger partial charge < -0.3 is 31.5 Å². The number of hydrogen-bond donors (Lipinski definition) is 5. The first-order valence-corrected chi connectivity index (χ1v) is 20.6. The highest BCUT2D eigenvalue weighted by Gasteiger charge is 2.44. The number of anilines is 1. The molecular formula is C43H53N9O5S. The van der Waals surface area contributed by atoms with Gasteiger partial charge in [-0.15, -0.1) is 21.5 Å². The standard InChI is InChI=1S/C43H53N9O5S/c1-26(28-15-17-29(18-16-28)38-27(2)45-25-58-38)47-41(56)35-20-31(53)24-52(35)42(57)39(43(3,4)5)48-37(55)14-8-6-7-11-19-51-23-30(22-46-51)33-21-34(49-50-40(33)44)32-12-9-10-13-36(32)54/h9-10,12-13,15-18,21-23,25-26,31,35,39,53-54H,6-8,11,14,19-20,24H2,1-5H3,(H2,44,50)(H,47,56)(H,48,55). The fraction of sp³-hybridized carbons (Fsp3) is 0.419. The van der Waals surface area contributed by atoms with E-state index in [9.17, 15) is 24.6 Å². The summed E-state index contributed by atoms with van der Waals surface area (Å²) in [5.41, 5.74) is 12.8. The summed E-state index contributed by atoms with van der Waals surface area (Å²) >= 11 is 1.58. The zero-order valence-electron chi connectivity index (χ0n) is 33.7. The number of nitrogens with zero attached hydrogens (tertiary/aromatic N) is 6. The molecule has 3 aromatic heterocycles. The molecule has 4 atom stereocenters. The minimum atomic E-state index is -0.881. The average molecular weight is 808 g/mol. The number of aliphatic hydroxyl groups is 1. The number of hydrogen-bond acceptors (Lipinski definition) is 11. The van der Waals surface area contributed by atoms with Crippen LogP contribution < -0.4 is 16.4 Å². The monoisotopic (exact) mass is 807 g/mol. The number of thiazole rings is 1. The van der Waals surface area contributed by atoms with Crippen LogP contribution in [0.1, 0.15) is 83.5 Å². The number of aromatic nitrogens is 5. The Morgan fingerprint density at radius 2 is 1.72 bits per heavy atom. The molecule has 306 valence electrons. The molecule has 0 saturated carbocycles. The third-order valence-corrected chi connectivity index (χ3v) is 11.5. The van der Waals surface area contributed by atoms with Gasteiger partial charge in [-0.1, -0.05) is 70.0 Å². The van der Waals surface area contributed by atoms with Gasteiger partial charge in [-0.05, 0) is 61.4 Å². The number of carbonyl (C=O) groups excluding carboxylic acids is 3. The Morgan fingerprint density at radius 3 is 2.43 bits per heavy atom. The minimum Gasteiger partial charge on any atom is -0.507 e. The Balaban J connectivity index is 0.969. The zero-order chi connectivity index (χ0) is 41.6. The van der Waals surface area contributed by atoms with E-state index in [4.69, 9.17) is 5.73 Å². The van der Waals surface area contributed by atoms with Gasteiger partial charge >= 0.3 is 0 Å². The van der Waals surface area contributed by atoms with Gasteiger partial charge in [0.25, 0.3) is 0 Å². The summed E-state index contributed by atoms with van der Waals surface area (Å²) in [6.45, 7) is 10.2. The molecule has 4 heterocycles. The number of aromatic hydroxyl groups is 1. The van der Waals surface area contributed by atoms with Crippen molar-refractivity contribution in [2.45, 2.75) is 104 Å². The van der Waals surface area contributed by atoms with Crippen molar-refractivity contribution < 1.29 is 24.6 Å². The zero-order valence-corrected chi connectivity index (χ0v) is 34.5. The Labute approximate surface area is 342 Å². The number of benzene rings is 2. The molecule has 1 saturated heterocycles. The van der Waals surface area contributed by atoms with Crippen LogP contribution in [-0.2, 0) is 20.9 Å². The minimum absolute atomic E-state index is 0.0144. The van der Waals surface area contributed by atoms with Crippen LogP contribution in [-0.4, -0.2) is 82.5 Å². The van der Waals surface area contributed by atoms with Crippen LogP contribution in [0.25, 0.3) is 32.8 Å². The van der Waals surface area contributed by atoms with Crippen molar-refractivity contribution in [2.24, 2.45) is 5.41 Å². The second-order valence-electron chi connectivity index (χ2n) is 16.1. The molecule has 4 unspecified atom stereocenters. The SMILES string of the molecule is Cc1ncsc1-c1ccc(C(C)NC(=O)C2CC(O)CN2C(=O)C(NC(=O)CCCCCCn2cc(-c3cc(-c4ccccc4O)nnc3N)cn2)C(C)(C)C)cc1. The van der Waals surface area contributed by atoms with Gasteiger partial charge in [0, 0.05) is 48.8 Å². The molecule has 6 N–H and O–H groups in total. The molecule has 58 heavy (non-hydrogen) atoms. The number of rotatable bonds is 15. The number of nitrogens with two attached hydrogens (primary N) is 1. The molecule has 0 bridgehead atoms. The van der Waals surface area contributed by atoms with Crippen LogP contribution in [0, 0.1) is 12.3 Å². The van der Waals surface area contributed by atoms with Gasteiger partial charge in [-0.25, -0.2) is 4.98 Å². The first-order valence-electron chi connectivity index (χ1n) is 19.7. The van der Waals surface area contributed by atoms with Gasteiger partial charge in [0.2, 0.25) is 17.7 Å². The lowest BCUT2D eigenvalue weighted by Crippen LogP contribution is -2.57. The Kier molecular flexibility index (Phi) is 13.2. The molecule has 5 aromatic rings. The Hall–Kier alpha value is -5.67. The van der Waals surface area contributed by atoms with Crippen LogP contribution in [0.15, 0.2) is 72.5 Å². The molecular weight excluding hydrogens is 755 g/mol. The number of β-amino-alcohol motifs (C(OH)–C–C–N with tert-alkyl or cyclic N) is 1. The number of para-hydroxylation sites is 1. The number of nitrogen functional groups attached to an aromatic ring is 1. The number of carbonyl (C=O) groups is 3. The summed E-state index contributed by atoms with van der Waals surface area (Å²) in [6.07, 6.45) is 6.32. The molecule has 3 amide bonds. The van der Waals surface area contributed by atoms with E-state index >= 15 is 0 Å². The lowest BCUT2D eigenvalue weighted by Gasteiger charge is -2.35. The van der Waals surface area contributed by atoms with Crippen molar-refractivity contribution in [2.75, 3.05) is 12.3 Å². The Morgan fingerprint density at radius 1 is 0.983 bits per heavy atom. The number of aryl methyl sites for hydroxylation is 2. The highest BCUT2D eigenvalue weighted by molar-refractivity contribution is 7.13. The van der Waals surface area contributed by atoms with E-state index in [1.807, 2.05) is 81.3 Å². The van der Waals surface area contributed by atoms with E-state index in [1.165, 1.54) is 4.90 Å². The van der Waals surface area contributed by atoms with E-state index in [2.05, 4.69) is 30.9 Å². The van der Waals surface area contributed by atoms with Crippen LogP contribution >= 0.6 is 11.3 Å². The first-order chi connectivity index (χ1) is 27.7. The van der Waals surface area contributed by atoms with Crippen molar-refractivity contribution in [3.05, 3.63) is 83.8 Å². The van der Waals surface area contributed by atoms with E-state index < -0.39 is 23.6 Å². The molecule has 0 spiro atoms. The summed E-state index contributed by atoms with van der Waals surface area (Å²) in [7, 11) is 0. The summed E-state index contributed by atoms with van der Waals surface area (Å²) in [5, 5.41) is 39.6. The van der Waals surface area contributed by atoms with Crippen LogP contribution in [0.3, 0.4) is 0 Å². The number of amides is 3. The summed E-state index contributed by atoms with van der Waals surface area (Å²) in [5.74, 6) is -0.591. The highest BCUT2D eigenvalue weighted by atomic mass is 32.1. The molecule has 1 aliphatic rings. The molecule has 0 radical (unpaired) electrons. The number of unbranched alkanes of at least 4 members (excludes halogenated alkanes) is 3. The molecule has 14 nitrogen and oxygen atoms in total. The third kappa shape index (κ3) is 10.1. The van der Waals surface area contributed by atoms with Crippen molar-refractivity contribution in [3.63, 3.8) is 0 Å². The predicted molar refractivity (Wildman–Crippen MR) is 224 cm³/mol. The average Bonchev–Trinajstić information content (AvgIpc) is 3.95. The van der Waals surface area contributed by atoms with E-state index in [-0.39, 0.29) is 54.7 Å². The number of aliphatic hydroxyl groups excluding tert-OH is 1. The fourth-order valence-electron chi connectivity index (χ4n) is 7.24. The largest absolute Gasteiger partial charge is 0.507 e. The lowest BCUT2D eigenvalue weighted by atomic mass is 9.85. The number of phenols is 1. The highest BCUT2D eigenvalue weighted by Crippen LogP contribution is 2.33. The lowest BCUT2D eigenvalue weighted by molar-refractivity contribution is -0.144. The van der Waals surface area contributed by atoms with Crippen molar-refractivity contribution in [1.82, 2.24) is 40.5 Å². The van der Waals surface area contributed by atoms with Crippen molar-refractivity contribution in [1.29, 1.82) is 0 Å². The summed E-state index contributed by atoms with van der Waals surface area (Å²) < 4.78 is 1.84. The van der Waals surface area contributed by atoms with Crippen LogP contribution in [0.4, 0.5) is 5.82 Å². The maximum Gasteiger partial charge on any atom is 0.246 e. The molecule has 15 heteroatoms. The quantitative estimate of drug-likeness (QED) is 0.0776. The second kappa shape index (κ2) is 18.3. The second-order valence-corrected chi connectivity index (χ2v) is 16.9. The number of likely N-dealkylation sites (tertiary alicyclic amines) is 1. The van der Waals surface area contributed by atoms with Gasteiger partial charge in [-0.3, -0.25) is 19.1 Å². The maximum atomic E-state index is 14.1. The van der Waals surface area contributed by atoms with Gasteiger partial charge in [0.05, 0.1) is 40.1 Å². The van der Waals surface area contributed by atoms with Crippen LogP contribution in [0.2, 0.25) is 0 Å². The normalized spacial score (nSPS) is 16.6. The smallest absolute Gasteiger partial charge is 0.246 e. The molecule has 1 aliphatic heterocycles. The van der Waals surface area contributed by atoms with Crippen molar-refractivity contribution in [3.8, 4) is 38.6 Å². The van der Waals surface area contributed by atoms with Crippen molar-refractivity contribution >= 4 is 34.9 Å². The van der Waals surface area contributed by atoms with Gasteiger partial charge in [0.1, 0.15) is 17.8 Å².